The molecule has 6 nitrogen and oxygen atoms in total. The summed E-state index contributed by atoms with van der Waals surface area (Å²) in [5, 5.41) is 9.00. The molecule has 3 rings (SSSR count). The lowest BCUT2D eigenvalue weighted by Gasteiger charge is -2.10. The number of amides is 1. The summed E-state index contributed by atoms with van der Waals surface area (Å²) >= 11 is 18.7. The van der Waals surface area contributed by atoms with Gasteiger partial charge >= 0.3 is 0 Å². The fraction of sp³-hybridized carbons (Fsp3) is 0.105. The highest BCUT2D eigenvalue weighted by Gasteiger charge is 2.14. The average Bonchev–Trinajstić information content (AvgIpc) is 3.15. The zero-order valence-electron chi connectivity index (χ0n) is 15.3. The normalized spacial score (nSPS) is 10.3. The van der Waals surface area contributed by atoms with E-state index < -0.39 is 5.91 Å². The monoisotopic (exact) mass is 467 g/mol. The van der Waals surface area contributed by atoms with Crippen LogP contribution in [0.5, 0.6) is 11.5 Å². The molecule has 0 aliphatic rings. The molecule has 2 aromatic carbocycles. The van der Waals surface area contributed by atoms with Crippen LogP contribution in [0.3, 0.4) is 0 Å². The summed E-state index contributed by atoms with van der Waals surface area (Å²) in [5.74, 6) is 0.591. The fourth-order valence-corrected chi connectivity index (χ4v) is 3.87. The minimum atomic E-state index is -0.405. The van der Waals surface area contributed by atoms with Gasteiger partial charge in [-0.1, -0.05) is 23.2 Å². The summed E-state index contributed by atoms with van der Waals surface area (Å²) < 4.78 is 10.3. The maximum Gasteiger partial charge on any atom is 0.257 e. The Morgan fingerprint density at radius 3 is 2.41 bits per heavy atom. The number of halogens is 2. The van der Waals surface area contributed by atoms with E-state index in [4.69, 9.17) is 44.9 Å². The largest absolute Gasteiger partial charge is 0.497 e. The molecule has 0 fully saturated rings. The molecule has 2 N–H and O–H groups in total. The summed E-state index contributed by atoms with van der Waals surface area (Å²) in [7, 11) is 3.02. The molecular weight excluding hydrogens is 453 g/mol. The molecule has 1 heterocycles. The van der Waals surface area contributed by atoms with E-state index in [0.717, 1.165) is 5.56 Å². The molecule has 10 heteroatoms. The second-order valence-corrected chi connectivity index (χ2v) is 7.78. The van der Waals surface area contributed by atoms with E-state index in [0.29, 0.717) is 37.9 Å². The Morgan fingerprint density at radius 1 is 1.10 bits per heavy atom. The first-order valence-corrected chi connectivity index (χ1v) is 10.2. The number of nitrogens with zero attached hydrogens (tertiary/aromatic N) is 1. The van der Waals surface area contributed by atoms with Crippen LogP contribution in [0.15, 0.2) is 41.8 Å². The van der Waals surface area contributed by atoms with Crippen molar-refractivity contribution in [2.75, 3.05) is 19.5 Å². The van der Waals surface area contributed by atoms with E-state index >= 15 is 0 Å². The number of methoxy groups -OCH3 is 2. The van der Waals surface area contributed by atoms with Crippen molar-refractivity contribution in [1.82, 2.24) is 10.3 Å². The number of hydrogen-bond acceptors (Lipinski definition) is 6. The predicted octanol–water partition coefficient (Wildman–Crippen LogP) is 5.26. The Hall–Kier alpha value is -2.39. The van der Waals surface area contributed by atoms with Crippen LogP contribution in [0, 0.1) is 0 Å². The van der Waals surface area contributed by atoms with Crippen LogP contribution in [0.4, 0.5) is 5.13 Å². The van der Waals surface area contributed by atoms with E-state index in [2.05, 4.69) is 15.6 Å². The molecule has 0 atom stereocenters. The second kappa shape index (κ2) is 9.41. The highest BCUT2D eigenvalue weighted by atomic mass is 35.5. The molecule has 150 valence electrons. The number of thiazole rings is 1. The first-order valence-electron chi connectivity index (χ1n) is 8.16. The Kier molecular flexibility index (Phi) is 6.92. The standard InChI is InChI=1S/C19H15Cl2N3O3S2/c1-26-12-5-10(6-13(8-12)27-2)17(25)23-18(28)24-19-22-16(9-29-19)14-4-3-11(20)7-15(14)21/h3-9H,1-2H3,(H2,22,23,24,25,28). The van der Waals surface area contributed by atoms with Crippen molar-refractivity contribution in [2.24, 2.45) is 0 Å². The summed E-state index contributed by atoms with van der Waals surface area (Å²) in [6, 6.07) is 10.0. The lowest BCUT2D eigenvalue weighted by Crippen LogP contribution is -2.34. The average molecular weight is 468 g/mol. The van der Waals surface area contributed by atoms with Crippen LogP contribution in [0.25, 0.3) is 11.3 Å². The number of carbonyl (C=O) groups is 1. The van der Waals surface area contributed by atoms with Gasteiger partial charge in [-0.2, -0.15) is 0 Å². The van der Waals surface area contributed by atoms with Crippen molar-refractivity contribution >= 4 is 62.9 Å². The molecule has 0 aliphatic heterocycles. The number of anilines is 1. The van der Waals surface area contributed by atoms with Crippen molar-refractivity contribution in [3.05, 3.63) is 57.4 Å². The van der Waals surface area contributed by atoms with E-state index in [-0.39, 0.29) is 5.11 Å². The molecule has 0 bridgehead atoms. The Balaban J connectivity index is 1.68. The third-order valence-electron chi connectivity index (χ3n) is 3.77. The number of carbonyl (C=O) groups excluding carboxylic acids is 1. The first kappa shape index (κ1) is 21.3. The van der Waals surface area contributed by atoms with E-state index in [1.165, 1.54) is 25.6 Å². The Bertz CT molecular complexity index is 1050. The lowest BCUT2D eigenvalue weighted by molar-refractivity contribution is 0.0977. The van der Waals surface area contributed by atoms with Crippen LogP contribution >= 0.6 is 46.8 Å². The molecule has 0 saturated carbocycles. The number of ether oxygens (including phenoxy) is 2. The number of nitrogens with one attached hydrogen (secondary N) is 2. The second-order valence-electron chi connectivity index (χ2n) is 5.67. The highest BCUT2D eigenvalue weighted by Crippen LogP contribution is 2.32. The molecular formula is C19H15Cl2N3O3S2. The summed E-state index contributed by atoms with van der Waals surface area (Å²) in [6.07, 6.45) is 0. The molecule has 3 aromatic rings. The van der Waals surface area contributed by atoms with E-state index in [9.17, 15) is 4.79 Å². The van der Waals surface area contributed by atoms with Crippen LogP contribution in [-0.2, 0) is 0 Å². The lowest BCUT2D eigenvalue weighted by atomic mass is 10.2. The van der Waals surface area contributed by atoms with Crippen molar-refractivity contribution in [1.29, 1.82) is 0 Å². The Labute approximate surface area is 186 Å². The van der Waals surface area contributed by atoms with Crippen LogP contribution in [-0.4, -0.2) is 30.2 Å². The van der Waals surface area contributed by atoms with E-state index in [1.807, 2.05) is 5.38 Å². The van der Waals surface area contributed by atoms with Gasteiger partial charge in [0.25, 0.3) is 5.91 Å². The van der Waals surface area contributed by atoms with Crippen molar-refractivity contribution in [3.8, 4) is 22.8 Å². The van der Waals surface area contributed by atoms with Crippen LogP contribution in [0.1, 0.15) is 10.4 Å². The number of hydrogen-bond donors (Lipinski definition) is 2. The van der Waals surface area contributed by atoms with Gasteiger partial charge in [-0.15, -0.1) is 11.3 Å². The smallest absolute Gasteiger partial charge is 0.257 e. The predicted molar refractivity (Wildman–Crippen MR) is 121 cm³/mol. The summed E-state index contributed by atoms with van der Waals surface area (Å²) in [6.45, 7) is 0. The minimum absolute atomic E-state index is 0.111. The van der Waals surface area contributed by atoms with Crippen molar-refractivity contribution in [3.63, 3.8) is 0 Å². The zero-order chi connectivity index (χ0) is 21.0. The quantitative estimate of drug-likeness (QED) is 0.498. The maximum absolute atomic E-state index is 12.5. The molecule has 29 heavy (non-hydrogen) atoms. The summed E-state index contributed by atoms with van der Waals surface area (Å²) in [5.41, 5.74) is 1.77. The van der Waals surface area contributed by atoms with Gasteiger partial charge in [0.2, 0.25) is 0 Å². The number of benzene rings is 2. The molecule has 1 aromatic heterocycles. The molecule has 0 spiro atoms. The first-order chi connectivity index (χ1) is 13.9. The van der Waals surface area contributed by atoms with Gasteiger partial charge in [0.1, 0.15) is 11.5 Å². The highest BCUT2D eigenvalue weighted by molar-refractivity contribution is 7.80. The van der Waals surface area contributed by atoms with Gasteiger partial charge < -0.3 is 14.8 Å². The molecule has 0 radical (unpaired) electrons. The molecule has 1 amide bonds. The van der Waals surface area contributed by atoms with Crippen LogP contribution in [0.2, 0.25) is 10.0 Å². The maximum atomic E-state index is 12.5. The SMILES string of the molecule is COc1cc(OC)cc(C(=O)NC(=S)Nc2nc(-c3ccc(Cl)cc3Cl)cs2)c1. The van der Waals surface area contributed by atoms with Crippen LogP contribution < -0.4 is 20.1 Å². The number of thiocarbonyl (C=S) groups is 1. The van der Waals surface area contributed by atoms with Gasteiger partial charge in [0, 0.05) is 27.6 Å². The fourth-order valence-electron chi connectivity index (χ4n) is 2.39. The Morgan fingerprint density at radius 2 is 1.79 bits per heavy atom. The molecule has 0 saturated heterocycles. The minimum Gasteiger partial charge on any atom is -0.497 e. The molecule has 0 unspecified atom stereocenters. The van der Waals surface area contributed by atoms with Gasteiger partial charge in [0.05, 0.1) is 24.9 Å². The van der Waals surface area contributed by atoms with Crippen molar-refractivity contribution in [2.45, 2.75) is 0 Å². The van der Waals surface area contributed by atoms with Gasteiger partial charge in [-0.25, -0.2) is 4.98 Å². The number of rotatable bonds is 5. The van der Waals surface area contributed by atoms with E-state index in [1.54, 1.807) is 36.4 Å². The third-order valence-corrected chi connectivity index (χ3v) is 5.28. The zero-order valence-corrected chi connectivity index (χ0v) is 18.4. The van der Waals surface area contributed by atoms with Crippen molar-refractivity contribution < 1.29 is 14.3 Å². The van der Waals surface area contributed by atoms with Gasteiger partial charge in [-0.05, 0) is 42.5 Å². The molecule has 0 aliphatic carbocycles. The number of aromatic nitrogens is 1. The summed E-state index contributed by atoms with van der Waals surface area (Å²) in [4.78, 5) is 16.9. The topological polar surface area (TPSA) is 72.5 Å². The third kappa shape index (κ3) is 5.36. The van der Waals surface area contributed by atoms with Gasteiger partial charge in [-0.3, -0.25) is 10.1 Å². The van der Waals surface area contributed by atoms with Gasteiger partial charge in [0.15, 0.2) is 10.2 Å².